The van der Waals surface area contributed by atoms with E-state index in [1.807, 2.05) is 24.5 Å². The summed E-state index contributed by atoms with van der Waals surface area (Å²) in [5.41, 5.74) is 2.38. The third-order valence-electron chi connectivity index (χ3n) is 5.85. The minimum absolute atomic E-state index is 0.282. The predicted molar refractivity (Wildman–Crippen MR) is 105 cm³/mol. The zero-order valence-electron chi connectivity index (χ0n) is 15.6. The van der Waals surface area contributed by atoms with Gasteiger partial charge in [-0.1, -0.05) is 25.0 Å². The molecule has 0 aromatic carbocycles. The van der Waals surface area contributed by atoms with Crippen LogP contribution in [-0.2, 0) is 0 Å². The summed E-state index contributed by atoms with van der Waals surface area (Å²) < 4.78 is 0. The number of aromatic nitrogens is 2. The highest BCUT2D eigenvalue weighted by Gasteiger charge is 2.37. The lowest BCUT2D eigenvalue weighted by Gasteiger charge is -2.44. The van der Waals surface area contributed by atoms with E-state index in [9.17, 15) is 0 Å². The Labute approximate surface area is 157 Å². The fraction of sp³-hybridized carbons (Fsp3) is 0.545. The molecule has 2 saturated heterocycles. The summed E-state index contributed by atoms with van der Waals surface area (Å²) in [6, 6.07) is 13.3. The highest BCUT2D eigenvalue weighted by molar-refractivity contribution is 5.20. The van der Waals surface area contributed by atoms with E-state index >= 15 is 0 Å². The van der Waals surface area contributed by atoms with Crippen molar-refractivity contribution in [1.29, 1.82) is 0 Å². The Morgan fingerprint density at radius 2 is 1.00 bits per heavy atom. The van der Waals surface area contributed by atoms with Crippen LogP contribution >= 0.6 is 0 Å². The summed E-state index contributed by atoms with van der Waals surface area (Å²) >= 11 is 0. The summed E-state index contributed by atoms with van der Waals surface area (Å²) in [7, 11) is 0. The Morgan fingerprint density at radius 1 is 0.577 bits per heavy atom. The van der Waals surface area contributed by atoms with Crippen molar-refractivity contribution < 1.29 is 0 Å². The van der Waals surface area contributed by atoms with Gasteiger partial charge in [0.05, 0.1) is 23.5 Å². The number of hydrogen-bond donors (Lipinski definition) is 0. The van der Waals surface area contributed by atoms with Gasteiger partial charge < -0.3 is 0 Å². The lowest BCUT2D eigenvalue weighted by atomic mass is 9.93. The van der Waals surface area contributed by atoms with Crippen molar-refractivity contribution in [2.24, 2.45) is 0 Å². The van der Waals surface area contributed by atoms with Gasteiger partial charge in [-0.3, -0.25) is 19.8 Å². The standard InChI is InChI=1S/C22H30N4/c1-7-15-25(16-8-1)21(19-11-3-5-13-23-19)22(20-12-4-6-14-24-20)26-17-9-2-10-18-26/h3-6,11-14,21-22H,1-2,7-10,15-18H2/t21-,22-/m1/s1. The van der Waals surface area contributed by atoms with Gasteiger partial charge >= 0.3 is 0 Å². The van der Waals surface area contributed by atoms with Crippen LogP contribution < -0.4 is 0 Å². The summed E-state index contributed by atoms with van der Waals surface area (Å²) in [5, 5.41) is 0. The Kier molecular flexibility index (Phi) is 5.92. The van der Waals surface area contributed by atoms with Crippen LogP contribution in [0.4, 0.5) is 0 Å². The van der Waals surface area contributed by atoms with Crippen molar-refractivity contribution in [1.82, 2.24) is 19.8 Å². The first kappa shape index (κ1) is 17.6. The summed E-state index contributed by atoms with van der Waals surface area (Å²) in [6.07, 6.45) is 11.7. The lowest BCUT2D eigenvalue weighted by molar-refractivity contribution is 0.0475. The molecular weight excluding hydrogens is 320 g/mol. The summed E-state index contributed by atoms with van der Waals surface area (Å²) in [6.45, 7) is 4.66. The van der Waals surface area contributed by atoms with Gasteiger partial charge in [-0.05, 0) is 76.1 Å². The molecule has 0 saturated carbocycles. The molecule has 4 rings (SSSR count). The lowest BCUT2D eigenvalue weighted by Crippen LogP contribution is -2.45. The zero-order chi connectivity index (χ0) is 17.6. The molecule has 4 heterocycles. The van der Waals surface area contributed by atoms with Crippen molar-refractivity contribution in [3.63, 3.8) is 0 Å². The van der Waals surface area contributed by atoms with Crippen molar-refractivity contribution in [2.75, 3.05) is 26.2 Å². The van der Waals surface area contributed by atoms with E-state index in [1.54, 1.807) is 0 Å². The Morgan fingerprint density at radius 3 is 1.35 bits per heavy atom. The molecule has 0 spiro atoms. The second-order valence-corrected chi connectivity index (χ2v) is 7.59. The van der Waals surface area contributed by atoms with Crippen LogP contribution in [0.3, 0.4) is 0 Å². The van der Waals surface area contributed by atoms with Gasteiger partial charge in [0.15, 0.2) is 0 Å². The quantitative estimate of drug-likeness (QED) is 0.808. The average Bonchev–Trinajstić information content (AvgIpc) is 2.74. The minimum atomic E-state index is 0.282. The second-order valence-electron chi connectivity index (χ2n) is 7.59. The molecule has 26 heavy (non-hydrogen) atoms. The Balaban J connectivity index is 1.74. The molecule has 2 aromatic heterocycles. The topological polar surface area (TPSA) is 32.3 Å². The first-order valence-corrected chi connectivity index (χ1v) is 10.2. The third-order valence-corrected chi connectivity index (χ3v) is 5.85. The molecule has 2 atom stereocenters. The minimum Gasteiger partial charge on any atom is -0.293 e. The first-order valence-electron chi connectivity index (χ1n) is 10.2. The molecule has 2 aliphatic rings. The molecule has 0 bridgehead atoms. The van der Waals surface area contributed by atoms with Crippen LogP contribution in [0.1, 0.15) is 62.0 Å². The van der Waals surface area contributed by atoms with Crippen LogP contribution in [0, 0.1) is 0 Å². The van der Waals surface area contributed by atoms with E-state index < -0.39 is 0 Å². The molecule has 2 aliphatic heterocycles. The molecular formula is C22H30N4. The van der Waals surface area contributed by atoms with Crippen molar-refractivity contribution in [3.8, 4) is 0 Å². The molecule has 0 radical (unpaired) electrons. The van der Waals surface area contributed by atoms with E-state index in [1.165, 1.54) is 76.1 Å². The van der Waals surface area contributed by atoms with Crippen LogP contribution in [-0.4, -0.2) is 45.9 Å². The molecule has 2 fully saturated rings. The van der Waals surface area contributed by atoms with Gasteiger partial charge in [0.1, 0.15) is 0 Å². The van der Waals surface area contributed by atoms with Gasteiger partial charge in [0.2, 0.25) is 0 Å². The molecule has 4 heteroatoms. The first-order chi connectivity index (χ1) is 12.9. The number of piperidine rings is 2. The molecule has 4 nitrogen and oxygen atoms in total. The molecule has 138 valence electrons. The number of likely N-dealkylation sites (tertiary alicyclic amines) is 2. The van der Waals surface area contributed by atoms with Crippen LogP contribution in [0.2, 0.25) is 0 Å². The van der Waals surface area contributed by atoms with E-state index in [2.05, 4.69) is 34.1 Å². The highest BCUT2D eigenvalue weighted by Crippen LogP contribution is 2.39. The van der Waals surface area contributed by atoms with Gasteiger partial charge in [0.25, 0.3) is 0 Å². The van der Waals surface area contributed by atoms with Crippen LogP contribution in [0.15, 0.2) is 48.8 Å². The predicted octanol–water partition coefficient (Wildman–Crippen LogP) is 4.23. The fourth-order valence-corrected chi connectivity index (χ4v) is 4.59. The number of pyridine rings is 2. The summed E-state index contributed by atoms with van der Waals surface area (Å²) in [5.74, 6) is 0. The van der Waals surface area contributed by atoms with Crippen molar-refractivity contribution >= 4 is 0 Å². The van der Waals surface area contributed by atoms with Crippen molar-refractivity contribution in [2.45, 2.75) is 50.6 Å². The maximum atomic E-state index is 4.80. The van der Waals surface area contributed by atoms with E-state index in [0.29, 0.717) is 0 Å². The van der Waals surface area contributed by atoms with Crippen LogP contribution in [0.5, 0.6) is 0 Å². The molecule has 2 aromatic rings. The number of rotatable bonds is 5. The number of hydrogen-bond acceptors (Lipinski definition) is 4. The Bertz CT molecular complexity index is 589. The smallest absolute Gasteiger partial charge is 0.0735 e. The fourth-order valence-electron chi connectivity index (χ4n) is 4.59. The van der Waals surface area contributed by atoms with Crippen LogP contribution in [0.25, 0.3) is 0 Å². The van der Waals surface area contributed by atoms with Gasteiger partial charge in [-0.15, -0.1) is 0 Å². The van der Waals surface area contributed by atoms with Gasteiger partial charge in [-0.25, -0.2) is 0 Å². The van der Waals surface area contributed by atoms with E-state index in [-0.39, 0.29) is 12.1 Å². The molecule has 0 amide bonds. The average molecular weight is 351 g/mol. The maximum Gasteiger partial charge on any atom is 0.0735 e. The molecule has 0 aliphatic carbocycles. The second kappa shape index (κ2) is 8.74. The van der Waals surface area contributed by atoms with Gasteiger partial charge in [0, 0.05) is 12.4 Å². The largest absolute Gasteiger partial charge is 0.293 e. The zero-order valence-corrected chi connectivity index (χ0v) is 15.6. The third kappa shape index (κ3) is 3.97. The highest BCUT2D eigenvalue weighted by atomic mass is 15.3. The van der Waals surface area contributed by atoms with E-state index in [0.717, 1.165) is 0 Å². The van der Waals surface area contributed by atoms with Gasteiger partial charge in [-0.2, -0.15) is 0 Å². The number of nitrogens with zero attached hydrogens (tertiary/aromatic N) is 4. The summed E-state index contributed by atoms with van der Waals surface area (Å²) in [4.78, 5) is 14.9. The molecule has 0 unspecified atom stereocenters. The SMILES string of the molecule is c1ccc([C@H]([C@@H](c2ccccn2)N2CCCCC2)N2CCCCC2)nc1. The Hall–Kier alpha value is -1.78. The molecule has 0 N–H and O–H groups in total. The normalized spacial score (nSPS) is 22.0. The monoisotopic (exact) mass is 350 g/mol. The maximum absolute atomic E-state index is 4.80. The van der Waals surface area contributed by atoms with Crippen molar-refractivity contribution in [3.05, 3.63) is 60.2 Å². The van der Waals surface area contributed by atoms with E-state index in [4.69, 9.17) is 9.97 Å².